The molecule has 1 fully saturated rings. The lowest BCUT2D eigenvalue weighted by Gasteiger charge is -2.28. The molecular weight excluding hydrogens is 164 g/mol. The van der Waals surface area contributed by atoms with Gasteiger partial charge in [-0.3, -0.25) is 4.90 Å². The van der Waals surface area contributed by atoms with Gasteiger partial charge < -0.3 is 5.11 Å². The minimum Gasteiger partial charge on any atom is -0.395 e. The topological polar surface area (TPSA) is 47.3 Å². The lowest BCUT2D eigenvalue weighted by molar-refractivity contribution is 0.140. The summed E-state index contributed by atoms with van der Waals surface area (Å²) in [6.07, 6.45) is 4.07. The van der Waals surface area contributed by atoms with Crippen LogP contribution in [0.5, 0.6) is 0 Å². The fourth-order valence-corrected chi connectivity index (χ4v) is 1.79. The average Bonchev–Trinajstić information content (AvgIpc) is 2.94. The molecule has 0 saturated heterocycles. The summed E-state index contributed by atoms with van der Waals surface area (Å²) in [5.41, 5.74) is 0. The van der Waals surface area contributed by atoms with Crippen LogP contribution >= 0.6 is 0 Å². The highest BCUT2D eigenvalue weighted by atomic mass is 16.3. The molecule has 0 bridgehead atoms. The summed E-state index contributed by atoms with van der Waals surface area (Å²) in [5.74, 6) is 0. The van der Waals surface area contributed by atoms with Gasteiger partial charge in [0.15, 0.2) is 0 Å². The molecule has 0 aromatic carbocycles. The first-order valence-electron chi connectivity index (χ1n) is 5.07. The molecule has 3 nitrogen and oxygen atoms in total. The molecule has 1 aliphatic rings. The smallest absolute Gasteiger partial charge is 0.0638 e. The Morgan fingerprint density at radius 1 is 1.62 bits per heavy atom. The third-order valence-corrected chi connectivity index (χ3v) is 2.64. The summed E-state index contributed by atoms with van der Waals surface area (Å²) in [6.45, 7) is 3.04. The van der Waals surface area contributed by atoms with Gasteiger partial charge in [0.2, 0.25) is 0 Å². The Morgan fingerprint density at radius 2 is 2.31 bits per heavy atom. The predicted octanol–water partition coefficient (Wildman–Crippen LogP) is 1.14. The Balaban J connectivity index is 2.44. The monoisotopic (exact) mass is 182 g/mol. The standard InChI is InChI=1S/C10H18N2O/c1-2-9(5-6-11)12(7-8-13)10-3-4-10/h9-10,13H,2-5,7-8H2,1H3. The third-order valence-electron chi connectivity index (χ3n) is 2.64. The second-order valence-corrected chi connectivity index (χ2v) is 3.62. The second-order valence-electron chi connectivity index (χ2n) is 3.62. The summed E-state index contributed by atoms with van der Waals surface area (Å²) in [6, 6.07) is 3.21. The SMILES string of the molecule is CCC(CC#N)N(CCO)C1CC1. The van der Waals surface area contributed by atoms with E-state index in [1.54, 1.807) is 0 Å². The number of aliphatic hydroxyl groups excluding tert-OH is 1. The number of hydrogen-bond donors (Lipinski definition) is 1. The van der Waals surface area contributed by atoms with Crippen molar-refractivity contribution in [3.63, 3.8) is 0 Å². The van der Waals surface area contributed by atoms with E-state index in [0.29, 0.717) is 18.5 Å². The summed E-state index contributed by atoms with van der Waals surface area (Å²) < 4.78 is 0. The number of nitriles is 1. The molecule has 3 heteroatoms. The molecule has 1 aliphatic carbocycles. The van der Waals surface area contributed by atoms with E-state index in [1.165, 1.54) is 12.8 Å². The minimum atomic E-state index is 0.207. The van der Waals surface area contributed by atoms with Gasteiger partial charge in [-0.15, -0.1) is 0 Å². The van der Waals surface area contributed by atoms with Crippen molar-refractivity contribution in [3.05, 3.63) is 0 Å². The van der Waals surface area contributed by atoms with Crippen molar-refractivity contribution in [3.8, 4) is 6.07 Å². The molecule has 1 rings (SSSR count). The van der Waals surface area contributed by atoms with Crippen molar-refractivity contribution in [2.24, 2.45) is 0 Å². The average molecular weight is 182 g/mol. The first kappa shape index (κ1) is 10.5. The van der Waals surface area contributed by atoms with Crippen molar-refractivity contribution >= 4 is 0 Å². The highest BCUT2D eigenvalue weighted by molar-refractivity contribution is 4.91. The van der Waals surface area contributed by atoms with E-state index in [-0.39, 0.29) is 6.61 Å². The molecule has 0 radical (unpaired) electrons. The van der Waals surface area contributed by atoms with Gasteiger partial charge >= 0.3 is 0 Å². The van der Waals surface area contributed by atoms with Gasteiger partial charge in [-0.2, -0.15) is 5.26 Å². The van der Waals surface area contributed by atoms with E-state index in [1.807, 2.05) is 0 Å². The maximum Gasteiger partial charge on any atom is 0.0638 e. The van der Waals surface area contributed by atoms with Crippen LogP contribution in [0.4, 0.5) is 0 Å². The normalized spacial score (nSPS) is 18.6. The molecule has 0 amide bonds. The first-order valence-corrected chi connectivity index (χ1v) is 5.07. The van der Waals surface area contributed by atoms with Crippen LogP contribution in [0.2, 0.25) is 0 Å². The Hall–Kier alpha value is -0.590. The Kier molecular flexibility index (Phi) is 4.20. The van der Waals surface area contributed by atoms with Gasteiger partial charge in [0.05, 0.1) is 19.1 Å². The predicted molar refractivity (Wildman–Crippen MR) is 51.1 cm³/mol. The van der Waals surface area contributed by atoms with Crippen LogP contribution in [-0.2, 0) is 0 Å². The zero-order valence-corrected chi connectivity index (χ0v) is 8.24. The first-order chi connectivity index (χ1) is 6.33. The Labute approximate surface area is 80.0 Å². The van der Waals surface area contributed by atoms with Gasteiger partial charge in [-0.25, -0.2) is 0 Å². The van der Waals surface area contributed by atoms with E-state index in [2.05, 4.69) is 17.9 Å². The Bertz CT molecular complexity index is 184. The van der Waals surface area contributed by atoms with Crippen LogP contribution in [-0.4, -0.2) is 35.2 Å². The van der Waals surface area contributed by atoms with Crippen molar-refractivity contribution in [2.45, 2.75) is 44.7 Å². The van der Waals surface area contributed by atoms with E-state index < -0.39 is 0 Å². The largest absolute Gasteiger partial charge is 0.395 e. The van der Waals surface area contributed by atoms with Crippen LogP contribution in [0.1, 0.15) is 32.6 Å². The maximum absolute atomic E-state index is 8.90. The van der Waals surface area contributed by atoms with Crippen LogP contribution in [0, 0.1) is 11.3 Å². The molecule has 1 N–H and O–H groups in total. The van der Waals surface area contributed by atoms with Crippen molar-refractivity contribution < 1.29 is 5.11 Å². The second kappa shape index (κ2) is 5.21. The van der Waals surface area contributed by atoms with Crippen LogP contribution in [0.25, 0.3) is 0 Å². The minimum absolute atomic E-state index is 0.207. The fraction of sp³-hybridized carbons (Fsp3) is 0.900. The fourth-order valence-electron chi connectivity index (χ4n) is 1.79. The molecule has 1 atom stereocenters. The maximum atomic E-state index is 8.90. The quantitative estimate of drug-likeness (QED) is 0.670. The number of rotatable bonds is 6. The van der Waals surface area contributed by atoms with Crippen molar-refractivity contribution in [1.82, 2.24) is 4.90 Å². The van der Waals surface area contributed by atoms with Gasteiger partial charge in [0.25, 0.3) is 0 Å². The molecule has 0 aromatic heterocycles. The van der Waals surface area contributed by atoms with Gasteiger partial charge in [-0.05, 0) is 19.3 Å². The molecule has 13 heavy (non-hydrogen) atoms. The lowest BCUT2D eigenvalue weighted by Crippen LogP contribution is -2.38. The summed E-state index contributed by atoms with van der Waals surface area (Å²) >= 11 is 0. The zero-order valence-electron chi connectivity index (χ0n) is 8.24. The third kappa shape index (κ3) is 2.98. The number of aliphatic hydroxyl groups is 1. The van der Waals surface area contributed by atoms with E-state index in [9.17, 15) is 0 Å². The van der Waals surface area contributed by atoms with Gasteiger partial charge in [0, 0.05) is 18.6 Å². The highest BCUT2D eigenvalue weighted by Crippen LogP contribution is 2.29. The van der Waals surface area contributed by atoms with Crippen molar-refractivity contribution in [2.75, 3.05) is 13.2 Å². The number of hydrogen-bond acceptors (Lipinski definition) is 3. The molecule has 1 unspecified atom stereocenters. The zero-order chi connectivity index (χ0) is 9.68. The molecule has 1 saturated carbocycles. The van der Waals surface area contributed by atoms with Gasteiger partial charge in [-0.1, -0.05) is 6.92 Å². The molecule has 74 valence electrons. The van der Waals surface area contributed by atoms with E-state index >= 15 is 0 Å². The van der Waals surface area contributed by atoms with E-state index in [0.717, 1.165) is 13.0 Å². The molecule has 0 heterocycles. The molecular formula is C10H18N2O. The number of nitrogens with zero attached hydrogens (tertiary/aromatic N) is 2. The molecule has 0 spiro atoms. The van der Waals surface area contributed by atoms with E-state index in [4.69, 9.17) is 10.4 Å². The van der Waals surface area contributed by atoms with Gasteiger partial charge in [0.1, 0.15) is 0 Å². The molecule has 0 aliphatic heterocycles. The highest BCUT2D eigenvalue weighted by Gasteiger charge is 2.32. The van der Waals surface area contributed by atoms with Crippen LogP contribution in [0.15, 0.2) is 0 Å². The van der Waals surface area contributed by atoms with Crippen LogP contribution in [0.3, 0.4) is 0 Å². The summed E-state index contributed by atoms with van der Waals surface area (Å²) in [5, 5.41) is 17.5. The Morgan fingerprint density at radius 3 is 2.69 bits per heavy atom. The summed E-state index contributed by atoms with van der Waals surface area (Å²) in [7, 11) is 0. The van der Waals surface area contributed by atoms with Crippen molar-refractivity contribution in [1.29, 1.82) is 5.26 Å². The lowest BCUT2D eigenvalue weighted by atomic mass is 10.1. The summed E-state index contributed by atoms with van der Waals surface area (Å²) in [4.78, 5) is 2.29. The van der Waals surface area contributed by atoms with Crippen LogP contribution < -0.4 is 0 Å². The molecule has 0 aromatic rings.